The molecule has 21 heavy (non-hydrogen) atoms. The number of aromatic nitrogens is 2. The monoisotopic (exact) mass is 311 g/mol. The van der Waals surface area contributed by atoms with Gasteiger partial charge in [0, 0.05) is 12.6 Å². The SMILES string of the molecule is Cc1cc([C@H]2CCCN2S(=O)(=O)c2c(C)noc2C)no1. The average Bonchev–Trinajstić information content (AvgIpc) is 3.09. The third-order valence-corrected chi connectivity index (χ3v) is 5.88. The Hall–Kier alpha value is -1.67. The molecular formula is C13H17N3O4S. The van der Waals surface area contributed by atoms with E-state index < -0.39 is 10.0 Å². The third-order valence-electron chi connectivity index (χ3n) is 3.73. The summed E-state index contributed by atoms with van der Waals surface area (Å²) in [5.41, 5.74) is 1.04. The van der Waals surface area contributed by atoms with Gasteiger partial charge < -0.3 is 9.05 Å². The first-order valence-electron chi connectivity index (χ1n) is 6.79. The number of sulfonamides is 1. The highest BCUT2D eigenvalue weighted by Gasteiger charge is 2.40. The normalized spacial score (nSPS) is 20.2. The highest BCUT2D eigenvalue weighted by Crippen LogP contribution is 2.37. The summed E-state index contributed by atoms with van der Waals surface area (Å²) in [5.74, 6) is 0.987. The van der Waals surface area contributed by atoms with Crippen LogP contribution in [-0.4, -0.2) is 29.6 Å². The van der Waals surface area contributed by atoms with Crippen LogP contribution in [0, 0.1) is 20.8 Å². The van der Waals surface area contributed by atoms with Crippen molar-refractivity contribution in [3.8, 4) is 0 Å². The summed E-state index contributed by atoms with van der Waals surface area (Å²) >= 11 is 0. The fourth-order valence-electron chi connectivity index (χ4n) is 2.83. The molecule has 1 fully saturated rings. The summed E-state index contributed by atoms with van der Waals surface area (Å²) in [6, 6.07) is 1.49. The maximum absolute atomic E-state index is 12.9. The minimum absolute atomic E-state index is 0.162. The average molecular weight is 311 g/mol. The van der Waals surface area contributed by atoms with Crippen LogP contribution in [0.3, 0.4) is 0 Å². The van der Waals surface area contributed by atoms with Crippen LogP contribution in [0.25, 0.3) is 0 Å². The van der Waals surface area contributed by atoms with E-state index in [0.29, 0.717) is 29.5 Å². The van der Waals surface area contributed by atoms with Crippen molar-refractivity contribution in [1.29, 1.82) is 0 Å². The van der Waals surface area contributed by atoms with E-state index in [1.807, 2.05) is 0 Å². The van der Waals surface area contributed by atoms with Crippen LogP contribution in [-0.2, 0) is 10.0 Å². The Balaban J connectivity index is 2.02. The second-order valence-electron chi connectivity index (χ2n) is 5.29. The van der Waals surface area contributed by atoms with Gasteiger partial charge in [-0.25, -0.2) is 8.42 Å². The maximum atomic E-state index is 12.9. The van der Waals surface area contributed by atoms with Gasteiger partial charge in [0.25, 0.3) is 0 Å². The van der Waals surface area contributed by atoms with Crippen molar-refractivity contribution in [2.24, 2.45) is 0 Å². The summed E-state index contributed by atoms with van der Waals surface area (Å²) in [5, 5.41) is 7.71. The Morgan fingerprint density at radius 2 is 2.00 bits per heavy atom. The van der Waals surface area contributed by atoms with E-state index in [9.17, 15) is 8.42 Å². The van der Waals surface area contributed by atoms with E-state index in [1.54, 1.807) is 26.8 Å². The first-order chi connectivity index (χ1) is 9.91. The van der Waals surface area contributed by atoms with Gasteiger partial charge in [-0.3, -0.25) is 0 Å². The lowest BCUT2D eigenvalue weighted by molar-refractivity contribution is 0.348. The molecule has 0 aliphatic carbocycles. The molecule has 0 amide bonds. The molecule has 1 atom stereocenters. The van der Waals surface area contributed by atoms with E-state index in [2.05, 4.69) is 10.3 Å². The second-order valence-corrected chi connectivity index (χ2v) is 7.12. The molecule has 0 radical (unpaired) electrons. The quantitative estimate of drug-likeness (QED) is 0.862. The largest absolute Gasteiger partial charge is 0.361 e. The van der Waals surface area contributed by atoms with E-state index in [-0.39, 0.29) is 10.9 Å². The molecule has 0 unspecified atom stereocenters. The van der Waals surface area contributed by atoms with Gasteiger partial charge >= 0.3 is 0 Å². The summed E-state index contributed by atoms with van der Waals surface area (Å²) in [4.78, 5) is 0.162. The predicted molar refractivity (Wildman–Crippen MR) is 73.1 cm³/mol. The summed E-state index contributed by atoms with van der Waals surface area (Å²) in [6.45, 7) is 5.49. The summed E-state index contributed by atoms with van der Waals surface area (Å²) < 4.78 is 37.3. The molecule has 8 heteroatoms. The lowest BCUT2D eigenvalue weighted by Crippen LogP contribution is -2.31. The van der Waals surface area contributed by atoms with Crippen LogP contribution in [0.4, 0.5) is 0 Å². The van der Waals surface area contributed by atoms with Crippen molar-refractivity contribution in [2.45, 2.75) is 44.6 Å². The Kier molecular flexibility index (Phi) is 3.37. The van der Waals surface area contributed by atoms with Gasteiger partial charge in [-0.05, 0) is 33.6 Å². The minimum atomic E-state index is -3.65. The van der Waals surface area contributed by atoms with Crippen LogP contribution >= 0.6 is 0 Å². The fraction of sp³-hybridized carbons (Fsp3) is 0.538. The molecule has 2 aromatic heterocycles. The number of hydrogen-bond donors (Lipinski definition) is 0. The number of nitrogens with zero attached hydrogens (tertiary/aromatic N) is 3. The van der Waals surface area contributed by atoms with Crippen LogP contribution in [0.5, 0.6) is 0 Å². The molecule has 3 rings (SSSR count). The smallest absolute Gasteiger partial charge is 0.249 e. The maximum Gasteiger partial charge on any atom is 0.249 e. The predicted octanol–water partition coefficient (Wildman–Crippen LogP) is 2.11. The molecule has 3 heterocycles. The van der Waals surface area contributed by atoms with Crippen LogP contribution in [0.1, 0.15) is 41.8 Å². The van der Waals surface area contributed by atoms with Gasteiger partial charge in [0.05, 0.1) is 6.04 Å². The van der Waals surface area contributed by atoms with Gasteiger partial charge in [0.15, 0.2) is 5.76 Å². The molecule has 0 aromatic carbocycles. The highest BCUT2D eigenvalue weighted by molar-refractivity contribution is 7.89. The molecule has 0 spiro atoms. The highest BCUT2D eigenvalue weighted by atomic mass is 32.2. The topological polar surface area (TPSA) is 89.4 Å². The van der Waals surface area contributed by atoms with Gasteiger partial charge in [0.1, 0.15) is 22.0 Å². The fourth-order valence-corrected chi connectivity index (χ4v) is 4.79. The molecule has 1 aliphatic rings. The Bertz CT molecular complexity index is 743. The van der Waals surface area contributed by atoms with Crippen molar-refractivity contribution < 1.29 is 17.5 Å². The van der Waals surface area contributed by atoms with E-state index in [4.69, 9.17) is 9.05 Å². The third kappa shape index (κ3) is 2.28. The van der Waals surface area contributed by atoms with Gasteiger partial charge in [-0.15, -0.1) is 0 Å². The number of hydrogen-bond acceptors (Lipinski definition) is 6. The van der Waals surface area contributed by atoms with Crippen LogP contribution in [0.15, 0.2) is 20.0 Å². The first-order valence-corrected chi connectivity index (χ1v) is 8.23. The van der Waals surface area contributed by atoms with Crippen molar-refractivity contribution in [1.82, 2.24) is 14.6 Å². The molecule has 1 aliphatic heterocycles. The molecule has 0 bridgehead atoms. The second kappa shape index (κ2) is 4.96. The zero-order valence-electron chi connectivity index (χ0n) is 12.2. The zero-order valence-corrected chi connectivity index (χ0v) is 13.0. The number of aryl methyl sites for hydroxylation is 3. The van der Waals surface area contributed by atoms with Crippen molar-refractivity contribution in [3.63, 3.8) is 0 Å². The minimum Gasteiger partial charge on any atom is -0.361 e. The van der Waals surface area contributed by atoms with Crippen molar-refractivity contribution >= 4 is 10.0 Å². The van der Waals surface area contributed by atoms with Gasteiger partial charge in [-0.2, -0.15) is 4.31 Å². The first kappa shape index (κ1) is 14.3. The van der Waals surface area contributed by atoms with Crippen molar-refractivity contribution in [3.05, 3.63) is 29.0 Å². The lowest BCUT2D eigenvalue weighted by Gasteiger charge is -2.22. The van der Waals surface area contributed by atoms with Gasteiger partial charge in [-0.1, -0.05) is 10.3 Å². The van der Waals surface area contributed by atoms with Gasteiger partial charge in [0.2, 0.25) is 10.0 Å². The molecule has 1 saturated heterocycles. The van der Waals surface area contributed by atoms with E-state index in [0.717, 1.165) is 12.8 Å². The number of rotatable bonds is 3. The lowest BCUT2D eigenvalue weighted by atomic mass is 10.1. The van der Waals surface area contributed by atoms with Crippen molar-refractivity contribution in [2.75, 3.05) is 6.54 Å². The summed E-state index contributed by atoms with van der Waals surface area (Å²) in [7, 11) is -3.65. The van der Waals surface area contributed by atoms with Crippen LogP contribution < -0.4 is 0 Å². The molecular weight excluding hydrogens is 294 g/mol. The molecule has 2 aromatic rings. The van der Waals surface area contributed by atoms with Crippen LogP contribution in [0.2, 0.25) is 0 Å². The molecule has 0 N–H and O–H groups in total. The zero-order chi connectivity index (χ0) is 15.2. The standard InChI is InChI=1S/C13H17N3O4S/c1-8-7-11(15-19-8)12-5-4-6-16(12)21(17,18)13-9(2)14-20-10(13)3/h7,12H,4-6H2,1-3H3/t12-/m1/s1. The Morgan fingerprint density at radius 1 is 1.24 bits per heavy atom. The Morgan fingerprint density at radius 3 is 2.57 bits per heavy atom. The molecule has 114 valence electrons. The van der Waals surface area contributed by atoms with E-state index >= 15 is 0 Å². The Labute approximate surface area is 122 Å². The van der Waals surface area contributed by atoms with E-state index in [1.165, 1.54) is 4.31 Å². The summed E-state index contributed by atoms with van der Waals surface area (Å²) in [6.07, 6.45) is 1.52. The molecule has 0 saturated carbocycles. The molecule has 7 nitrogen and oxygen atoms in total.